The SMILES string of the molecule is CSc1ccncc1CNc1ncc(C#N)c(NCC23CC4C[C@H](C2)C(N)[C@@H](C4)C3)n1. The molecule has 4 aliphatic carbocycles. The molecule has 2 aromatic rings. The van der Waals surface area contributed by atoms with Crippen molar-refractivity contribution >= 4 is 23.5 Å². The summed E-state index contributed by atoms with van der Waals surface area (Å²) in [6.07, 6.45) is 13.6. The van der Waals surface area contributed by atoms with Crippen molar-refractivity contribution in [1.29, 1.82) is 5.26 Å². The molecule has 0 aliphatic heterocycles. The number of hydrogen-bond donors (Lipinski definition) is 3. The van der Waals surface area contributed by atoms with Crippen LogP contribution in [0.1, 0.15) is 43.2 Å². The third kappa shape index (κ3) is 3.97. The summed E-state index contributed by atoms with van der Waals surface area (Å²) in [4.78, 5) is 14.4. The topological polar surface area (TPSA) is 113 Å². The van der Waals surface area contributed by atoms with Crippen molar-refractivity contribution in [2.24, 2.45) is 28.9 Å². The van der Waals surface area contributed by atoms with Gasteiger partial charge in [0.25, 0.3) is 0 Å². The molecule has 4 N–H and O–H groups in total. The molecule has 7 nitrogen and oxygen atoms in total. The minimum atomic E-state index is 0.292. The highest BCUT2D eigenvalue weighted by molar-refractivity contribution is 7.98. The van der Waals surface area contributed by atoms with Crippen LogP contribution in [0, 0.1) is 34.5 Å². The Bertz CT molecular complexity index is 988. The van der Waals surface area contributed by atoms with Crippen LogP contribution < -0.4 is 16.4 Å². The smallest absolute Gasteiger partial charge is 0.224 e. The first kappa shape index (κ1) is 20.5. The quantitative estimate of drug-likeness (QED) is 0.565. The Kier molecular flexibility index (Phi) is 5.49. The molecule has 162 valence electrons. The number of rotatable bonds is 7. The molecule has 5 atom stereocenters. The third-order valence-electron chi connectivity index (χ3n) is 7.53. The first-order valence-corrected chi connectivity index (χ1v) is 12.3. The molecule has 0 spiro atoms. The van der Waals surface area contributed by atoms with Crippen LogP contribution in [0.25, 0.3) is 0 Å². The largest absolute Gasteiger partial charge is 0.368 e. The zero-order valence-corrected chi connectivity index (χ0v) is 18.7. The van der Waals surface area contributed by atoms with Gasteiger partial charge in [0.05, 0.1) is 6.20 Å². The lowest BCUT2D eigenvalue weighted by Crippen LogP contribution is -2.58. The molecular formula is C23H29N7S. The van der Waals surface area contributed by atoms with Crippen LogP contribution in [0.15, 0.2) is 29.6 Å². The molecule has 2 heterocycles. The number of anilines is 2. The molecule has 0 aromatic carbocycles. The van der Waals surface area contributed by atoms with E-state index in [1.54, 1.807) is 24.2 Å². The van der Waals surface area contributed by atoms with Crippen molar-refractivity contribution in [2.75, 3.05) is 23.4 Å². The number of nitrogens with zero attached hydrogens (tertiary/aromatic N) is 4. The molecule has 4 saturated carbocycles. The van der Waals surface area contributed by atoms with E-state index in [1.807, 2.05) is 12.3 Å². The van der Waals surface area contributed by atoms with Crippen molar-refractivity contribution in [3.8, 4) is 6.07 Å². The number of thioether (sulfide) groups is 1. The second-order valence-corrected chi connectivity index (χ2v) is 10.4. The number of aromatic nitrogens is 3. The molecule has 4 aliphatic rings. The van der Waals surface area contributed by atoms with E-state index in [1.165, 1.54) is 37.0 Å². The number of nitrogens with one attached hydrogen (secondary N) is 2. The molecular weight excluding hydrogens is 406 g/mol. The van der Waals surface area contributed by atoms with E-state index in [4.69, 9.17) is 5.73 Å². The van der Waals surface area contributed by atoms with Crippen LogP contribution in [-0.2, 0) is 6.54 Å². The van der Waals surface area contributed by atoms with Gasteiger partial charge in [0.15, 0.2) is 0 Å². The number of hydrogen-bond acceptors (Lipinski definition) is 8. The molecule has 0 amide bonds. The Labute approximate surface area is 187 Å². The van der Waals surface area contributed by atoms with Crippen molar-refractivity contribution in [1.82, 2.24) is 15.0 Å². The van der Waals surface area contributed by atoms with Gasteiger partial charge in [0, 0.05) is 42.0 Å². The third-order valence-corrected chi connectivity index (χ3v) is 8.37. The Morgan fingerprint density at radius 3 is 2.77 bits per heavy atom. The fraction of sp³-hybridized carbons (Fsp3) is 0.565. The van der Waals surface area contributed by atoms with Gasteiger partial charge in [-0.25, -0.2) is 4.98 Å². The van der Waals surface area contributed by atoms with E-state index in [0.717, 1.165) is 18.0 Å². The van der Waals surface area contributed by atoms with Crippen LogP contribution >= 0.6 is 11.8 Å². The number of pyridine rings is 1. The highest BCUT2D eigenvalue weighted by Gasteiger charge is 2.54. The van der Waals surface area contributed by atoms with Gasteiger partial charge in [-0.2, -0.15) is 10.2 Å². The molecule has 8 heteroatoms. The summed E-state index contributed by atoms with van der Waals surface area (Å²) in [6, 6.07) is 4.62. The molecule has 6 rings (SSSR count). The Morgan fingerprint density at radius 1 is 1.23 bits per heavy atom. The van der Waals surface area contributed by atoms with Gasteiger partial charge in [0.2, 0.25) is 5.95 Å². The van der Waals surface area contributed by atoms with Gasteiger partial charge >= 0.3 is 0 Å². The maximum absolute atomic E-state index is 9.56. The zero-order chi connectivity index (χ0) is 21.4. The lowest BCUT2D eigenvalue weighted by Gasteiger charge is -2.59. The fourth-order valence-corrected chi connectivity index (χ4v) is 6.91. The van der Waals surface area contributed by atoms with E-state index in [2.05, 4.69) is 37.9 Å². The first-order chi connectivity index (χ1) is 15.1. The summed E-state index contributed by atoms with van der Waals surface area (Å²) >= 11 is 1.69. The molecule has 2 aromatic heterocycles. The van der Waals surface area contributed by atoms with Crippen LogP contribution in [0.2, 0.25) is 0 Å². The van der Waals surface area contributed by atoms with Gasteiger partial charge in [0.1, 0.15) is 17.5 Å². The first-order valence-electron chi connectivity index (χ1n) is 11.1. The van der Waals surface area contributed by atoms with E-state index in [0.29, 0.717) is 47.2 Å². The second-order valence-electron chi connectivity index (χ2n) is 9.51. The summed E-state index contributed by atoms with van der Waals surface area (Å²) in [5, 5.41) is 16.4. The Hall–Kier alpha value is -2.37. The lowest BCUT2D eigenvalue weighted by atomic mass is 9.48. The summed E-state index contributed by atoms with van der Waals surface area (Å²) in [6.45, 7) is 1.44. The van der Waals surface area contributed by atoms with Crippen molar-refractivity contribution in [3.05, 3.63) is 35.8 Å². The standard InChI is InChI=1S/C23H29N7S/c1-31-19-2-3-26-10-18(19)12-28-22-27-11-17(9-24)21(30-22)29-13-23-6-14-4-15(7-23)20(25)16(5-14)8-23/h2-3,10-11,14-16,20H,4-8,12-13,25H2,1H3,(H2,27,28,29,30)/t14?,15-,16+,20?,23?. The molecule has 4 bridgehead atoms. The van der Waals surface area contributed by atoms with Crippen LogP contribution in [0.5, 0.6) is 0 Å². The predicted molar refractivity (Wildman–Crippen MR) is 123 cm³/mol. The highest BCUT2D eigenvalue weighted by Crippen LogP contribution is 2.59. The minimum Gasteiger partial charge on any atom is -0.368 e. The molecule has 31 heavy (non-hydrogen) atoms. The molecule has 0 saturated heterocycles. The summed E-state index contributed by atoms with van der Waals surface area (Å²) in [5.74, 6) is 3.29. The van der Waals surface area contributed by atoms with Gasteiger partial charge in [-0.1, -0.05) is 0 Å². The van der Waals surface area contributed by atoms with Crippen molar-refractivity contribution in [2.45, 2.75) is 49.6 Å². The van der Waals surface area contributed by atoms with Crippen LogP contribution in [0.3, 0.4) is 0 Å². The maximum atomic E-state index is 9.56. The van der Waals surface area contributed by atoms with Crippen LogP contribution in [-0.4, -0.2) is 33.8 Å². The number of nitriles is 1. The molecule has 0 radical (unpaired) electrons. The normalized spacial score (nSPS) is 30.7. The van der Waals surface area contributed by atoms with Gasteiger partial charge in [-0.3, -0.25) is 4.98 Å². The zero-order valence-electron chi connectivity index (χ0n) is 17.8. The second kappa shape index (κ2) is 8.29. The minimum absolute atomic E-state index is 0.292. The predicted octanol–water partition coefficient (Wildman–Crippen LogP) is 3.64. The van der Waals surface area contributed by atoms with Crippen LogP contribution in [0.4, 0.5) is 11.8 Å². The van der Waals surface area contributed by atoms with E-state index >= 15 is 0 Å². The van der Waals surface area contributed by atoms with Crippen molar-refractivity contribution < 1.29 is 0 Å². The van der Waals surface area contributed by atoms with Crippen molar-refractivity contribution in [3.63, 3.8) is 0 Å². The van der Waals surface area contributed by atoms with E-state index in [9.17, 15) is 5.26 Å². The monoisotopic (exact) mass is 435 g/mol. The Morgan fingerprint density at radius 2 is 2.03 bits per heavy atom. The summed E-state index contributed by atoms with van der Waals surface area (Å²) < 4.78 is 0. The maximum Gasteiger partial charge on any atom is 0.224 e. The van der Waals surface area contributed by atoms with E-state index < -0.39 is 0 Å². The van der Waals surface area contributed by atoms with Gasteiger partial charge in [-0.15, -0.1) is 11.8 Å². The summed E-state index contributed by atoms with van der Waals surface area (Å²) in [7, 11) is 0. The van der Waals surface area contributed by atoms with E-state index in [-0.39, 0.29) is 0 Å². The average molecular weight is 436 g/mol. The Balaban J connectivity index is 1.29. The molecule has 3 unspecified atom stereocenters. The lowest BCUT2D eigenvalue weighted by molar-refractivity contribution is -0.0591. The fourth-order valence-electron chi connectivity index (χ4n) is 6.32. The summed E-state index contributed by atoms with van der Waals surface area (Å²) in [5.41, 5.74) is 8.38. The number of nitrogens with two attached hydrogens (primary N) is 1. The molecule has 4 fully saturated rings. The average Bonchev–Trinajstić information content (AvgIpc) is 2.79. The van der Waals surface area contributed by atoms with Gasteiger partial charge < -0.3 is 16.4 Å². The van der Waals surface area contributed by atoms with Gasteiger partial charge in [-0.05, 0) is 67.6 Å². The highest BCUT2D eigenvalue weighted by atomic mass is 32.2.